The minimum Gasteiger partial charge on any atom is -0.425 e. The van der Waals surface area contributed by atoms with Crippen LogP contribution in [-0.4, -0.2) is 42.2 Å². The summed E-state index contributed by atoms with van der Waals surface area (Å²) in [4.78, 5) is 51.5. The van der Waals surface area contributed by atoms with Crippen molar-refractivity contribution in [2.24, 2.45) is 11.8 Å². The van der Waals surface area contributed by atoms with E-state index >= 15 is 0 Å². The second kappa shape index (κ2) is 21.4. The number of nitrogens with one attached hydrogen (secondary N) is 2. The molecule has 4 rings (SSSR count). The van der Waals surface area contributed by atoms with Gasteiger partial charge in [-0.1, -0.05) is 101 Å². The van der Waals surface area contributed by atoms with Gasteiger partial charge in [-0.05, 0) is 84.2 Å². The number of hydrogen-bond donors (Lipinski definition) is 3. The molecule has 4 aromatic rings. The molecule has 3 unspecified atom stereocenters. The molecule has 13 heteroatoms. The summed E-state index contributed by atoms with van der Waals surface area (Å²) < 4.78 is 33.5. The molecule has 0 aliphatic carbocycles. The highest BCUT2D eigenvalue weighted by molar-refractivity contribution is 7.47. The Kier molecular flexibility index (Phi) is 16.7. The van der Waals surface area contributed by atoms with Crippen molar-refractivity contribution in [2.75, 3.05) is 28.6 Å². The highest BCUT2D eigenvalue weighted by Gasteiger charge is 2.25. The van der Waals surface area contributed by atoms with Crippen LogP contribution in [0.2, 0.25) is 0 Å². The Bertz CT molecular complexity index is 1940. The maximum Gasteiger partial charge on any atom is 0.527 e. The second-order valence-corrected chi connectivity index (χ2v) is 16.3. The molecule has 0 aromatic heterocycles. The van der Waals surface area contributed by atoms with E-state index in [0.717, 1.165) is 29.9 Å². The minimum absolute atomic E-state index is 0.0275. The minimum atomic E-state index is -4.39. The number of amides is 2. The molecule has 0 heterocycles. The van der Waals surface area contributed by atoms with Crippen LogP contribution in [0.4, 0.5) is 21.9 Å². The van der Waals surface area contributed by atoms with Gasteiger partial charge in [-0.15, -0.1) is 0 Å². The molecule has 0 aliphatic heterocycles. The summed E-state index contributed by atoms with van der Waals surface area (Å²) in [6.07, 6.45) is -0.632. The van der Waals surface area contributed by atoms with Gasteiger partial charge < -0.3 is 29.5 Å². The van der Waals surface area contributed by atoms with Crippen LogP contribution >= 0.6 is 7.82 Å². The number of benzene rings is 4. The van der Waals surface area contributed by atoms with Crippen molar-refractivity contribution in [3.63, 3.8) is 0 Å². The summed E-state index contributed by atoms with van der Waals surface area (Å²) >= 11 is 0. The maximum atomic E-state index is 13.3. The van der Waals surface area contributed by atoms with Gasteiger partial charge in [0.1, 0.15) is 5.75 Å². The Labute approximate surface area is 336 Å². The Morgan fingerprint density at radius 3 is 2.02 bits per heavy atom. The molecule has 306 valence electrons. The van der Waals surface area contributed by atoms with Crippen molar-refractivity contribution in [1.29, 1.82) is 0 Å². The van der Waals surface area contributed by atoms with Gasteiger partial charge in [0.2, 0.25) is 6.29 Å². The van der Waals surface area contributed by atoms with E-state index in [1.165, 1.54) is 19.1 Å². The van der Waals surface area contributed by atoms with Crippen LogP contribution in [0.15, 0.2) is 97.1 Å². The first-order valence-electron chi connectivity index (χ1n) is 19.3. The van der Waals surface area contributed by atoms with E-state index in [2.05, 4.69) is 43.2 Å². The zero-order valence-corrected chi connectivity index (χ0v) is 34.8. The van der Waals surface area contributed by atoms with Crippen LogP contribution in [0, 0.1) is 18.8 Å². The number of rotatable bonds is 20. The first-order valence-corrected chi connectivity index (χ1v) is 20.8. The van der Waals surface area contributed by atoms with Crippen molar-refractivity contribution in [3.8, 4) is 5.75 Å². The van der Waals surface area contributed by atoms with E-state index in [1.807, 2.05) is 62.4 Å². The molecule has 57 heavy (non-hydrogen) atoms. The van der Waals surface area contributed by atoms with Crippen molar-refractivity contribution in [3.05, 3.63) is 119 Å². The molecule has 0 spiro atoms. The van der Waals surface area contributed by atoms with E-state index in [1.54, 1.807) is 36.4 Å². The third kappa shape index (κ3) is 15.4. The van der Waals surface area contributed by atoms with Gasteiger partial charge >= 0.3 is 25.8 Å². The summed E-state index contributed by atoms with van der Waals surface area (Å²) in [6, 6.07) is 28.1. The fraction of sp³-hybridized carbons (Fsp3) is 0.386. The van der Waals surface area contributed by atoms with Gasteiger partial charge in [0.05, 0.1) is 30.8 Å². The number of aryl methyl sites for hydroxylation is 1. The summed E-state index contributed by atoms with van der Waals surface area (Å²) in [6.45, 7) is 15.6. The van der Waals surface area contributed by atoms with Crippen molar-refractivity contribution in [2.45, 2.75) is 86.5 Å². The van der Waals surface area contributed by atoms with Crippen LogP contribution < -0.4 is 20.1 Å². The molecule has 12 nitrogen and oxygen atoms in total. The maximum absolute atomic E-state index is 13.3. The zero-order valence-electron chi connectivity index (χ0n) is 33.9. The van der Waals surface area contributed by atoms with Gasteiger partial charge in [0, 0.05) is 25.7 Å². The number of esters is 2. The molecular weight excluding hydrogens is 745 g/mol. The highest BCUT2D eigenvalue weighted by Crippen LogP contribution is 2.44. The summed E-state index contributed by atoms with van der Waals surface area (Å²) in [5.74, 6) is -0.553. The number of phosphoric acid groups is 1. The Balaban J connectivity index is 1.35. The van der Waals surface area contributed by atoms with E-state index in [-0.39, 0.29) is 37.1 Å². The lowest BCUT2D eigenvalue weighted by atomic mass is 9.92. The highest BCUT2D eigenvalue weighted by atomic mass is 31.2. The number of anilines is 3. The van der Waals surface area contributed by atoms with Gasteiger partial charge in [-0.3, -0.25) is 19.0 Å². The van der Waals surface area contributed by atoms with E-state index < -0.39 is 26.1 Å². The number of urea groups is 1. The largest absolute Gasteiger partial charge is 0.527 e. The van der Waals surface area contributed by atoms with Gasteiger partial charge in [-0.25, -0.2) is 9.36 Å². The molecule has 3 atom stereocenters. The number of hydrogen-bond acceptors (Lipinski definition) is 9. The molecule has 0 bridgehead atoms. The van der Waals surface area contributed by atoms with Crippen LogP contribution in [-0.2, 0) is 41.2 Å². The molecule has 0 saturated heterocycles. The van der Waals surface area contributed by atoms with Crippen LogP contribution in [0.5, 0.6) is 5.75 Å². The monoisotopic (exact) mass is 801 g/mol. The fourth-order valence-electron chi connectivity index (χ4n) is 6.17. The predicted molar refractivity (Wildman–Crippen MR) is 223 cm³/mol. The molecule has 2 amide bonds. The molecule has 0 aliphatic rings. The number of phosphoric ester groups is 1. The van der Waals surface area contributed by atoms with E-state index in [4.69, 9.17) is 18.5 Å². The normalized spacial score (nSPS) is 13.3. The summed E-state index contributed by atoms with van der Waals surface area (Å²) in [5, 5.41) is 5.99. The van der Waals surface area contributed by atoms with Crippen LogP contribution in [0.25, 0.3) is 0 Å². The molecule has 3 N–H and O–H groups in total. The van der Waals surface area contributed by atoms with E-state index in [0.29, 0.717) is 40.8 Å². The fourth-order valence-corrected chi connectivity index (χ4v) is 6.92. The van der Waals surface area contributed by atoms with Gasteiger partial charge in [0.25, 0.3) is 0 Å². The third-order valence-corrected chi connectivity index (χ3v) is 9.69. The quantitative estimate of drug-likeness (QED) is 0.0447. The number of carbonyl (C=O) groups is 3. The first kappa shape index (κ1) is 44.6. The average molecular weight is 802 g/mol. The number of nitrogens with zero attached hydrogens (tertiary/aromatic N) is 1. The second-order valence-electron chi connectivity index (χ2n) is 14.9. The molecule has 0 saturated carbocycles. The Morgan fingerprint density at radius 1 is 0.772 bits per heavy atom. The number of carbonyl (C=O) groups excluding carboxylic acids is 3. The third-order valence-electron chi connectivity index (χ3n) is 8.79. The Morgan fingerprint density at radius 2 is 1.40 bits per heavy atom. The van der Waals surface area contributed by atoms with E-state index in [9.17, 15) is 23.8 Å². The summed E-state index contributed by atoms with van der Waals surface area (Å²) in [5.41, 5.74) is 5.41. The SMILES string of the molecule is CCC(CC(=O)OC(C)OC(=O)Cc1ccc(OP(=O)(O)OCc2ccccc2)cc1)c1ccc(N(CC(C)C)CC(C)C)c(NC(=O)Nc2ccc(C)cc2)c1. The predicted octanol–water partition coefficient (Wildman–Crippen LogP) is 10.0. The molecule has 4 aromatic carbocycles. The summed E-state index contributed by atoms with van der Waals surface area (Å²) in [7, 11) is -4.39. The van der Waals surface area contributed by atoms with Crippen molar-refractivity contribution in [1.82, 2.24) is 0 Å². The smallest absolute Gasteiger partial charge is 0.425 e. The molecule has 0 radical (unpaired) electrons. The lowest BCUT2D eigenvalue weighted by Crippen LogP contribution is -2.32. The average Bonchev–Trinajstić information content (AvgIpc) is 3.14. The van der Waals surface area contributed by atoms with Crippen molar-refractivity contribution < 1.29 is 42.4 Å². The molecular formula is C44H56N3O9P. The van der Waals surface area contributed by atoms with Crippen molar-refractivity contribution >= 4 is 42.9 Å². The van der Waals surface area contributed by atoms with Crippen LogP contribution in [0.3, 0.4) is 0 Å². The first-order chi connectivity index (χ1) is 27.1. The standard InChI is InChI=1S/C44H56N3O9P/c1-8-36(37-18-23-41(47(27-30(2)3)28-31(4)5)40(25-37)46-44(50)45-38-19-14-32(6)15-20-38)26-43(49)55-33(7)54-42(48)24-34-16-21-39(22-17-34)56-57(51,52)53-29-35-12-10-9-11-13-35/h9-23,25,30-31,33,36H,8,24,26-29H2,1-7H3,(H,51,52)(H2,45,46,50). The number of ether oxygens (including phenoxy) is 2. The zero-order chi connectivity index (χ0) is 41.5. The van der Waals surface area contributed by atoms with Crippen LogP contribution in [0.1, 0.15) is 82.6 Å². The molecule has 0 fully saturated rings. The lowest BCUT2D eigenvalue weighted by Gasteiger charge is -2.31. The van der Waals surface area contributed by atoms with Gasteiger partial charge in [0.15, 0.2) is 0 Å². The topological polar surface area (TPSA) is 153 Å². The lowest BCUT2D eigenvalue weighted by molar-refractivity contribution is -0.184. The Hall–Kier alpha value is -5.16. The van der Waals surface area contributed by atoms with Gasteiger partial charge in [-0.2, -0.15) is 0 Å².